The number of para-hydroxylation sites is 1. The van der Waals surface area contributed by atoms with Crippen LogP contribution in [0.25, 0.3) is 5.69 Å². The maximum Gasteiger partial charge on any atom is 0.338 e. The summed E-state index contributed by atoms with van der Waals surface area (Å²) in [4.78, 5) is 24.9. The van der Waals surface area contributed by atoms with E-state index in [1.165, 1.54) is 0 Å². The molecule has 0 unspecified atom stereocenters. The van der Waals surface area contributed by atoms with Crippen LogP contribution in [-0.2, 0) is 25.1 Å². The molecule has 3 aromatic carbocycles. The monoisotopic (exact) mass is 550 g/mol. The predicted molar refractivity (Wildman–Crippen MR) is 145 cm³/mol. The third-order valence-corrected chi connectivity index (χ3v) is 7.96. The van der Waals surface area contributed by atoms with E-state index < -0.39 is 15.8 Å². The number of anilines is 1. The predicted octanol–water partition coefficient (Wildman–Crippen LogP) is 4.46. The Bertz CT molecular complexity index is 1540. The summed E-state index contributed by atoms with van der Waals surface area (Å²) in [5, 5.41) is 11.5. The SMILES string of the molecule is CCOC(=O)c1cccc(NC(=O)CSc2nnc(CS(=O)(=O)c3ccc(C)cc3)n2-c2ccccc2)c1. The number of amides is 1. The highest BCUT2D eigenvalue weighted by Crippen LogP contribution is 2.25. The maximum absolute atomic E-state index is 13.1. The topological polar surface area (TPSA) is 120 Å². The number of hydrogen-bond acceptors (Lipinski definition) is 8. The second kappa shape index (κ2) is 12.1. The summed E-state index contributed by atoms with van der Waals surface area (Å²) in [7, 11) is -3.68. The van der Waals surface area contributed by atoms with Crippen LogP contribution in [0.3, 0.4) is 0 Å². The number of hydrogen-bond donors (Lipinski definition) is 1. The molecule has 38 heavy (non-hydrogen) atoms. The van der Waals surface area contributed by atoms with Gasteiger partial charge in [0.05, 0.1) is 22.8 Å². The summed E-state index contributed by atoms with van der Waals surface area (Å²) >= 11 is 1.12. The number of nitrogens with one attached hydrogen (secondary N) is 1. The first-order valence-corrected chi connectivity index (χ1v) is 14.4. The molecule has 9 nitrogen and oxygen atoms in total. The molecule has 0 aliphatic rings. The zero-order valence-electron chi connectivity index (χ0n) is 20.8. The van der Waals surface area contributed by atoms with Crippen molar-refractivity contribution in [2.75, 3.05) is 17.7 Å². The van der Waals surface area contributed by atoms with Gasteiger partial charge in [0.15, 0.2) is 20.8 Å². The van der Waals surface area contributed by atoms with Gasteiger partial charge in [-0.1, -0.05) is 53.7 Å². The molecule has 0 spiro atoms. The number of carbonyl (C=O) groups excluding carboxylic acids is 2. The van der Waals surface area contributed by atoms with E-state index >= 15 is 0 Å². The van der Waals surface area contributed by atoms with Crippen LogP contribution in [0.5, 0.6) is 0 Å². The van der Waals surface area contributed by atoms with Gasteiger partial charge < -0.3 is 10.1 Å². The summed E-state index contributed by atoms with van der Waals surface area (Å²) in [6.45, 7) is 3.86. The van der Waals surface area contributed by atoms with E-state index in [9.17, 15) is 18.0 Å². The first-order valence-electron chi connectivity index (χ1n) is 11.8. The lowest BCUT2D eigenvalue weighted by Crippen LogP contribution is -2.15. The molecule has 4 aromatic rings. The molecule has 0 bridgehead atoms. The van der Waals surface area contributed by atoms with Crippen LogP contribution >= 0.6 is 11.8 Å². The molecule has 1 aromatic heterocycles. The molecule has 196 valence electrons. The largest absolute Gasteiger partial charge is 0.462 e. The minimum absolute atomic E-state index is 0.0146. The zero-order valence-corrected chi connectivity index (χ0v) is 22.5. The Hall–Kier alpha value is -3.96. The molecule has 1 N–H and O–H groups in total. The van der Waals surface area contributed by atoms with E-state index in [1.807, 2.05) is 37.3 Å². The lowest BCUT2D eigenvalue weighted by molar-refractivity contribution is -0.113. The quantitative estimate of drug-likeness (QED) is 0.227. The average molecular weight is 551 g/mol. The smallest absolute Gasteiger partial charge is 0.338 e. The van der Waals surface area contributed by atoms with Gasteiger partial charge in [0.25, 0.3) is 0 Å². The van der Waals surface area contributed by atoms with Crippen LogP contribution in [0.1, 0.15) is 28.7 Å². The van der Waals surface area contributed by atoms with Gasteiger partial charge in [-0.05, 0) is 56.3 Å². The molecule has 0 fully saturated rings. The lowest BCUT2D eigenvalue weighted by atomic mass is 10.2. The number of carbonyl (C=O) groups is 2. The molecule has 0 radical (unpaired) electrons. The van der Waals surface area contributed by atoms with Gasteiger partial charge >= 0.3 is 5.97 Å². The molecule has 1 amide bonds. The summed E-state index contributed by atoms with van der Waals surface area (Å²) in [5.74, 6) is -0.929. The summed E-state index contributed by atoms with van der Waals surface area (Å²) in [5.41, 5.74) is 2.42. The molecule has 0 aliphatic heterocycles. The second-order valence-corrected chi connectivity index (χ2v) is 11.2. The van der Waals surface area contributed by atoms with E-state index in [0.717, 1.165) is 17.3 Å². The zero-order chi connectivity index (χ0) is 27.1. The molecule has 1 heterocycles. The van der Waals surface area contributed by atoms with E-state index in [2.05, 4.69) is 15.5 Å². The maximum atomic E-state index is 13.1. The van der Waals surface area contributed by atoms with Crippen molar-refractivity contribution in [1.29, 1.82) is 0 Å². The van der Waals surface area contributed by atoms with E-state index in [4.69, 9.17) is 4.74 Å². The van der Waals surface area contributed by atoms with Crippen LogP contribution in [0.4, 0.5) is 5.69 Å². The molecule has 0 saturated carbocycles. The van der Waals surface area contributed by atoms with Crippen molar-refractivity contribution < 1.29 is 22.7 Å². The first kappa shape index (κ1) is 27.1. The number of benzene rings is 3. The van der Waals surface area contributed by atoms with Gasteiger partial charge in [-0.25, -0.2) is 13.2 Å². The van der Waals surface area contributed by atoms with Crippen molar-refractivity contribution in [2.45, 2.75) is 29.7 Å². The average Bonchev–Trinajstić information content (AvgIpc) is 3.30. The van der Waals surface area contributed by atoms with E-state index in [-0.39, 0.29) is 34.7 Å². The van der Waals surface area contributed by atoms with Gasteiger partial charge in [-0.3, -0.25) is 9.36 Å². The molecular formula is C27H26N4O5S2. The standard InChI is InChI=1S/C27H26N4O5S2/c1-3-36-26(33)20-8-7-9-21(16-20)28-25(32)17-37-27-30-29-24(31(27)22-10-5-4-6-11-22)18-38(34,35)23-14-12-19(2)13-15-23/h4-16H,3,17-18H2,1-2H3,(H,28,32). The third-order valence-electron chi connectivity index (χ3n) is 5.40. The number of aromatic nitrogens is 3. The lowest BCUT2D eigenvalue weighted by Gasteiger charge is -2.11. The number of rotatable bonds is 10. The normalized spacial score (nSPS) is 11.2. The van der Waals surface area contributed by atoms with Gasteiger partial charge in [0.2, 0.25) is 5.91 Å². The number of nitrogens with zero attached hydrogens (tertiary/aromatic N) is 3. The highest BCUT2D eigenvalue weighted by Gasteiger charge is 2.23. The molecule has 11 heteroatoms. The molecule has 0 saturated heterocycles. The molecule has 0 atom stereocenters. The van der Waals surface area contributed by atoms with Crippen LogP contribution in [0, 0.1) is 6.92 Å². The first-order chi connectivity index (χ1) is 18.3. The van der Waals surface area contributed by atoms with Crippen molar-refractivity contribution in [2.24, 2.45) is 0 Å². The van der Waals surface area contributed by atoms with Crippen molar-refractivity contribution in [3.63, 3.8) is 0 Å². The van der Waals surface area contributed by atoms with Crippen molar-refractivity contribution in [3.05, 3.63) is 95.8 Å². The van der Waals surface area contributed by atoms with Gasteiger partial charge in [0.1, 0.15) is 5.75 Å². The van der Waals surface area contributed by atoms with Crippen LogP contribution in [-0.4, -0.2) is 47.4 Å². The van der Waals surface area contributed by atoms with E-state index in [1.54, 1.807) is 60.0 Å². The van der Waals surface area contributed by atoms with Crippen LogP contribution < -0.4 is 5.32 Å². The molecular weight excluding hydrogens is 524 g/mol. The molecule has 0 aliphatic carbocycles. The number of thioether (sulfide) groups is 1. The summed E-state index contributed by atoms with van der Waals surface area (Å²) in [6.07, 6.45) is 0. The summed E-state index contributed by atoms with van der Waals surface area (Å²) < 4.78 is 32.9. The Morgan fingerprint density at radius 2 is 1.71 bits per heavy atom. The Morgan fingerprint density at radius 1 is 0.974 bits per heavy atom. The van der Waals surface area contributed by atoms with Crippen LogP contribution in [0.15, 0.2) is 88.9 Å². The fourth-order valence-electron chi connectivity index (χ4n) is 3.59. The molecule has 4 rings (SSSR count). The van der Waals surface area contributed by atoms with E-state index in [0.29, 0.717) is 22.1 Å². The Morgan fingerprint density at radius 3 is 2.42 bits per heavy atom. The number of ether oxygens (including phenoxy) is 1. The van der Waals surface area contributed by atoms with Gasteiger partial charge in [-0.15, -0.1) is 10.2 Å². The number of sulfone groups is 1. The highest BCUT2D eigenvalue weighted by molar-refractivity contribution is 7.99. The minimum atomic E-state index is -3.68. The Kier molecular flexibility index (Phi) is 8.59. The number of esters is 1. The van der Waals surface area contributed by atoms with Crippen molar-refractivity contribution in [1.82, 2.24) is 14.8 Å². The van der Waals surface area contributed by atoms with Gasteiger partial charge in [0, 0.05) is 11.4 Å². The van der Waals surface area contributed by atoms with Crippen molar-refractivity contribution >= 4 is 39.2 Å². The minimum Gasteiger partial charge on any atom is -0.462 e. The van der Waals surface area contributed by atoms with Gasteiger partial charge in [-0.2, -0.15) is 0 Å². The van der Waals surface area contributed by atoms with Crippen LogP contribution in [0.2, 0.25) is 0 Å². The number of aryl methyl sites for hydroxylation is 1. The van der Waals surface area contributed by atoms with Crippen molar-refractivity contribution in [3.8, 4) is 5.69 Å². The second-order valence-electron chi connectivity index (χ2n) is 8.28. The summed E-state index contributed by atoms with van der Waals surface area (Å²) in [6, 6.07) is 22.3. The highest BCUT2D eigenvalue weighted by atomic mass is 32.2. The Labute approximate surface area is 225 Å². The third kappa shape index (κ3) is 6.67. The fourth-order valence-corrected chi connectivity index (χ4v) is 5.60. The Balaban J connectivity index is 1.52. The fraction of sp³-hybridized carbons (Fsp3) is 0.185.